The molecule has 0 saturated heterocycles. The summed E-state index contributed by atoms with van der Waals surface area (Å²) < 4.78 is 40.5. The molecule has 6 N–H and O–H groups in total. The highest BCUT2D eigenvalue weighted by atomic mass is 19.4. The highest BCUT2D eigenvalue weighted by molar-refractivity contribution is 5.97. The molecule has 0 saturated carbocycles. The molecule has 0 aliphatic rings. The van der Waals surface area contributed by atoms with Crippen LogP contribution in [0.4, 0.5) is 18.9 Å². The first kappa shape index (κ1) is 34.3. The van der Waals surface area contributed by atoms with E-state index in [-0.39, 0.29) is 37.7 Å². The van der Waals surface area contributed by atoms with Crippen LogP contribution in [0.1, 0.15) is 41.4 Å². The number of amides is 3. The number of aliphatic hydroxyl groups is 1. The zero-order valence-electron chi connectivity index (χ0n) is 22.2. The van der Waals surface area contributed by atoms with Crippen molar-refractivity contribution in [2.45, 2.75) is 39.4 Å². The summed E-state index contributed by atoms with van der Waals surface area (Å²) >= 11 is 0. The largest absolute Gasteiger partial charge is 0.573 e. The van der Waals surface area contributed by atoms with Crippen LogP contribution in [0.5, 0.6) is 5.75 Å². The number of nitrogens with one attached hydrogen (secondary N) is 4. The van der Waals surface area contributed by atoms with Gasteiger partial charge in [-0.2, -0.15) is 0 Å². The van der Waals surface area contributed by atoms with E-state index in [1.54, 1.807) is 36.4 Å². The van der Waals surface area contributed by atoms with Crippen LogP contribution in [0.25, 0.3) is 0 Å². The van der Waals surface area contributed by atoms with Gasteiger partial charge in [-0.15, -0.1) is 13.2 Å². The number of aliphatic hydroxyl groups excluding tert-OH is 1. The fraction of sp³-hybridized carbons (Fsp3) is 0.233. The van der Waals surface area contributed by atoms with Crippen LogP contribution in [0.15, 0.2) is 72.8 Å². The molecule has 0 heterocycles. The lowest BCUT2D eigenvalue weighted by atomic mass is 10.1. The van der Waals surface area contributed by atoms with Crippen LogP contribution in [-0.4, -0.2) is 53.1 Å². The van der Waals surface area contributed by atoms with Gasteiger partial charge in [-0.3, -0.25) is 19.6 Å². The molecule has 3 rings (SSSR count). The van der Waals surface area contributed by atoms with Crippen molar-refractivity contribution < 1.29 is 42.6 Å². The molecule has 3 aromatic rings. The van der Waals surface area contributed by atoms with Gasteiger partial charge in [-0.05, 0) is 73.2 Å². The standard InChI is InChI=1S/C29H27F3N4O6.CH4/c1-18(37)26(28(40)36-41)35-27(39)22-10-4-19(5-11-22)2-3-20-6-12-23(13-7-20)34-25(38)17-33-16-21-8-14-24(15-9-21)42-29(30,31)32;/h4-15,18,26,33,37,41H,16-17H2,1H3,(H,34,38)(H,35,39)(H,36,40);1H4/t18-,26+;/m1./s1. The zero-order valence-corrected chi connectivity index (χ0v) is 22.2. The van der Waals surface area contributed by atoms with Crippen LogP contribution in [0.2, 0.25) is 0 Å². The summed E-state index contributed by atoms with van der Waals surface area (Å²) in [7, 11) is 0. The fourth-order valence-corrected chi connectivity index (χ4v) is 3.52. The lowest BCUT2D eigenvalue weighted by Crippen LogP contribution is -2.51. The van der Waals surface area contributed by atoms with E-state index in [0.717, 1.165) is 0 Å². The predicted octanol–water partition coefficient (Wildman–Crippen LogP) is 3.33. The summed E-state index contributed by atoms with van der Waals surface area (Å²) in [6.07, 6.45) is -5.99. The quantitative estimate of drug-likeness (QED) is 0.119. The van der Waals surface area contributed by atoms with Crippen molar-refractivity contribution in [1.82, 2.24) is 16.1 Å². The normalized spacial score (nSPS) is 12.0. The van der Waals surface area contributed by atoms with Crippen LogP contribution >= 0.6 is 0 Å². The van der Waals surface area contributed by atoms with E-state index in [9.17, 15) is 32.7 Å². The van der Waals surface area contributed by atoms with Gasteiger partial charge in [0.1, 0.15) is 11.8 Å². The third-order valence-electron chi connectivity index (χ3n) is 5.60. The van der Waals surface area contributed by atoms with Gasteiger partial charge in [0.2, 0.25) is 5.91 Å². The minimum absolute atomic E-state index is 0. The Hall–Kier alpha value is -4.90. The van der Waals surface area contributed by atoms with E-state index in [0.29, 0.717) is 22.4 Å². The summed E-state index contributed by atoms with van der Waals surface area (Å²) in [5.41, 5.74) is 4.11. The second-order valence-electron chi connectivity index (χ2n) is 8.92. The maximum absolute atomic E-state index is 12.4. The van der Waals surface area contributed by atoms with Crippen molar-refractivity contribution in [1.29, 1.82) is 0 Å². The summed E-state index contributed by atoms with van der Waals surface area (Å²) in [4.78, 5) is 36.2. The second kappa shape index (κ2) is 15.9. The third-order valence-corrected chi connectivity index (χ3v) is 5.60. The first-order valence-corrected chi connectivity index (χ1v) is 12.4. The Kier molecular flexibility index (Phi) is 12.7. The maximum atomic E-state index is 12.4. The molecular weight excluding hydrogens is 569 g/mol. The number of benzene rings is 3. The molecule has 0 aliphatic carbocycles. The smallest absolute Gasteiger partial charge is 0.406 e. The number of halogens is 3. The maximum Gasteiger partial charge on any atom is 0.573 e. The van der Waals surface area contributed by atoms with Crippen molar-refractivity contribution in [2.24, 2.45) is 0 Å². The SMILES string of the molecule is C.C[C@@H](O)[C@H](NC(=O)c1ccc(C#Cc2ccc(NC(=O)CNCc3ccc(OC(F)(F)F)cc3)cc2)cc1)C(=O)NO. The van der Waals surface area contributed by atoms with Crippen LogP contribution in [-0.2, 0) is 16.1 Å². The predicted molar refractivity (Wildman–Crippen MR) is 152 cm³/mol. The molecule has 2 atom stereocenters. The van der Waals surface area contributed by atoms with E-state index in [2.05, 4.69) is 32.5 Å². The number of alkyl halides is 3. The molecule has 228 valence electrons. The molecule has 0 spiro atoms. The van der Waals surface area contributed by atoms with Crippen LogP contribution < -0.4 is 26.2 Å². The molecule has 10 nitrogen and oxygen atoms in total. The van der Waals surface area contributed by atoms with Gasteiger partial charge < -0.3 is 25.8 Å². The van der Waals surface area contributed by atoms with Gasteiger partial charge in [-0.1, -0.05) is 31.4 Å². The van der Waals surface area contributed by atoms with Crippen molar-refractivity contribution in [3.8, 4) is 17.6 Å². The molecular formula is C30H31F3N4O6. The number of hydrogen-bond donors (Lipinski definition) is 6. The van der Waals surface area contributed by atoms with E-state index in [1.165, 1.54) is 48.8 Å². The number of hydrogen-bond acceptors (Lipinski definition) is 7. The van der Waals surface area contributed by atoms with Crippen molar-refractivity contribution >= 4 is 23.4 Å². The molecule has 0 bridgehead atoms. The molecule has 3 amide bonds. The van der Waals surface area contributed by atoms with Crippen molar-refractivity contribution in [3.63, 3.8) is 0 Å². The van der Waals surface area contributed by atoms with Gasteiger partial charge in [0.05, 0.1) is 12.6 Å². The molecule has 43 heavy (non-hydrogen) atoms. The minimum Gasteiger partial charge on any atom is -0.406 e. The fourth-order valence-electron chi connectivity index (χ4n) is 3.52. The molecule has 13 heteroatoms. The lowest BCUT2D eigenvalue weighted by molar-refractivity contribution is -0.274. The summed E-state index contributed by atoms with van der Waals surface area (Å²) in [5.74, 6) is 3.71. The minimum atomic E-state index is -4.76. The Morgan fingerprint density at radius 2 is 1.47 bits per heavy atom. The number of carbonyl (C=O) groups is 3. The van der Waals surface area contributed by atoms with Crippen LogP contribution in [0.3, 0.4) is 0 Å². The third kappa shape index (κ3) is 11.5. The number of carbonyl (C=O) groups excluding carboxylic acids is 3. The number of ether oxygens (including phenoxy) is 1. The van der Waals surface area contributed by atoms with Crippen molar-refractivity contribution in [3.05, 3.63) is 95.1 Å². The molecule has 0 aliphatic heterocycles. The van der Waals surface area contributed by atoms with Crippen LogP contribution in [0, 0.1) is 11.8 Å². The van der Waals surface area contributed by atoms with E-state index >= 15 is 0 Å². The van der Waals surface area contributed by atoms with Gasteiger partial charge in [-0.25, -0.2) is 5.48 Å². The highest BCUT2D eigenvalue weighted by Gasteiger charge is 2.31. The van der Waals surface area contributed by atoms with Gasteiger partial charge >= 0.3 is 6.36 Å². The topological polar surface area (TPSA) is 149 Å². The lowest BCUT2D eigenvalue weighted by Gasteiger charge is -2.19. The number of hydroxylamine groups is 1. The Morgan fingerprint density at radius 1 is 0.907 bits per heavy atom. The Labute approximate surface area is 246 Å². The molecule has 0 fully saturated rings. The Morgan fingerprint density at radius 3 is 1.98 bits per heavy atom. The van der Waals surface area contributed by atoms with Gasteiger partial charge in [0.25, 0.3) is 11.8 Å². The summed E-state index contributed by atoms with van der Waals surface area (Å²) in [6.45, 7) is 1.54. The Bertz CT molecular complexity index is 1430. The van der Waals surface area contributed by atoms with Gasteiger partial charge in [0.15, 0.2) is 0 Å². The van der Waals surface area contributed by atoms with Gasteiger partial charge in [0, 0.05) is 28.9 Å². The number of rotatable bonds is 10. The average Bonchev–Trinajstić information content (AvgIpc) is 2.95. The highest BCUT2D eigenvalue weighted by Crippen LogP contribution is 2.22. The van der Waals surface area contributed by atoms with E-state index in [1.807, 2.05) is 0 Å². The molecule has 3 aromatic carbocycles. The summed E-state index contributed by atoms with van der Waals surface area (Å²) in [5, 5.41) is 26.4. The Balaban J connectivity index is 0.00000645. The molecule has 0 aromatic heterocycles. The monoisotopic (exact) mass is 600 g/mol. The molecule has 0 unspecified atom stereocenters. The molecule has 0 radical (unpaired) electrons. The van der Waals surface area contributed by atoms with E-state index in [4.69, 9.17) is 5.21 Å². The second-order valence-corrected chi connectivity index (χ2v) is 8.92. The number of anilines is 1. The first-order valence-electron chi connectivity index (χ1n) is 12.4. The zero-order chi connectivity index (χ0) is 30.7. The van der Waals surface area contributed by atoms with E-state index < -0.39 is 30.3 Å². The average molecular weight is 601 g/mol. The summed E-state index contributed by atoms with van der Waals surface area (Å²) in [6, 6.07) is 17.0. The van der Waals surface area contributed by atoms with Crippen molar-refractivity contribution in [2.75, 3.05) is 11.9 Å². The first-order chi connectivity index (χ1) is 19.9.